The zero-order valence-electron chi connectivity index (χ0n) is 12.0. The molecule has 1 aliphatic rings. The Morgan fingerprint density at radius 3 is 2.81 bits per heavy atom. The summed E-state index contributed by atoms with van der Waals surface area (Å²) in [7, 11) is 1.67. The maximum absolute atomic E-state index is 5.40. The molecule has 0 spiro atoms. The van der Waals surface area contributed by atoms with Gasteiger partial charge in [-0.1, -0.05) is 17.3 Å². The average Bonchev–Trinajstić information content (AvgIpc) is 2.97. The van der Waals surface area contributed by atoms with Crippen molar-refractivity contribution in [2.24, 2.45) is 0 Å². The van der Waals surface area contributed by atoms with Gasteiger partial charge < -0.3 is 14.6 Å². The van der Waals surface area contributed by atoms with E-state index in [0.29, 0.717) is 12.3 Å². The Balaban J connectivity index is 0.00000161. The minimum atomic E-state index is 0. The Hall–Kier alpha value is -1.59. The van der Waals surface area contributed by atoms with E-state index in [1.54, 1.807) is 7.11 Å². The molecule has 0 amide bonds. The molecule has 2 heterocycles. The maximum atomic E-state index is 5.40. The van der Waals surface area contributed by atoms with Crippen molar-refractivity contribution < 1.29 is 9.26 Å². The van der Waals surface area contributed by atoms with Crippen molar-refractivity contribution in [3.63, 3.8) is 0 Å². The lowest BCUT2D eigenvalue weighted by Gasteiger charge is -2.18. The van der Waals surface area contributed by atoms with E-state index < -0.39 is 0 Å². The monoisotopic (exact) mass is 309 g/mol. The van der Waals surface area contributed by atoms with Crippen LogP contribution in [0.5, 0.6) is 5.75 Å². The second-order valence-corrected chi connectivity index (χ2v) is 5.12. The topological polar surface area (TPSA) is 60.2 Å². The first-order chi connectivity index (χ1) is 9.85. The van der Waals surface area contributed by atoms with Gasteiger partial charge in [-0.15, -0.1) is 12.4 Å². The number of rotatable bonds is 4. The van der Waals surface area contributed by atoms with Crippen LogP contribution in [0.2, 0.25) is 0 Å². The summed E-state index contributed by atoms with van der Waals surface area (Å²) < 4.78 is 10.5. The van der Waals surface area contributed by atoms with E-state index in [9.17, 15) is 0 Å². The molecule has 5 nitrogen and oxygen atoms in total. The van der Waals surface area contributed by atoms with E-state index in [0.717, 1.165) is 42.5 Å². The van der Waals surface area contributed by atoms with Crippen LogP contribution in [0.4, 0.5) is 0 Å². The summed E-state index contributed by atoms with van der Waals surface area (Å²) in [5, 5.41) is 7.45. The maximum Gasteiger partial charge on any atom is 0.231 e. The summed E-state index contributed by atoms with van der Waals surface area (Å²) in [6.07, 6.45) is 2.98. The molecule has 0 aliphatic carbocycles. The van der Waals surface area contributed by atoms with Crippen LogP contribution >= 0.6 is 12.4 Å². The first kappa shape index (κ1) is 15.8. The van der Waals surface area contributed by atoms with Crippen molar-refractivity contribution in [1.29, 1.82) is 0 Å². The second-order valence-electron chi connectivity index (χ2n) is 5.12. The fraction of sp³-hybridized carbons (Fsp3) is 0.467. The molecule has 1 N–H and O–H groups in total. The Morgan fingerprint density at radius 1 is 1.33 bits per heavy atom. The molecule has 1 saturated heterocycles. The molecule has 1 unspecified atom stereocenters. The Morgan fingerprint density at radius 2 is 2.14 bits per heavy atom. The number of ether oxygens (including phenoxy) is 1. The van der Waals surface area contributed by atoms with Crippen LogP contribution in [0.15, 0.2) is 28.8 Å². The smallest absolute Gasteiger partial charge is 0.231 e. The molecular weight excluding hydrogens is 290 g/mol. The number of hydrogen-bond acceptors (Lipinski definition) is 5. The Kier molecular flexibility index (Phi) is 5.59. The first-order valence-corrected chi connectivity index (χ1v) is 7.01. The van der Waals surface area contributed by atoms with Crippen molar-refractivity contribution in [1.82, 2.24) is 15.5 Å². The highest BCUT2D eigenvalue weighted by Gasteiger charge is 2.21. The molecule has 0 radical (unpaired) electrons. The third-order valence-electron chi connectivity index (χ3n) is 3.65. The molecule has 6 heteroatoms. The van der Waals surface area contributed by atoms with Crippen LogP contribution in [0.1, 0.15) is 36.0 Å². The number of methoxy groups -OCH3 is 1. The number of piperidine rings is 1. The van der Waals surface area contributed by atoms with Gasteiger partial charge in [-0.25, -0.2) is 0 Å². The van der Waals surface area contributed by atoms with Gasteiger partial charge in [0.05, 0.1) is 13.0 Å². The summed E-state index contributed by atoms with van der Waals surface area (Å²) in [5.41, 5.74) is 1.15. The summed E-state index contributed by atoms with van der Waals surface area (Å²) in [4.78, 5) is 4.52. The van der Waals surface area contributed by atoms with Crippen molar-refractivity contribution in [3.05, 3.63) is 41.5 Å². The Bertz CT molecular complexity index is 550. The lowest BCUT2D eigenvalue weighted by atomic mass is 10.00. The van der Waals surface area contributed by atoms with E-state index in [2.05, 4.69) is 15.5 Å². The van der Waals surface area contributed by atoms with E-state index in [1.165, 1.54) is 6.42 Å². The van der Waals surface area contributed by atoms with Crippen LogP contribution < -0.4 is 10.1 Å². The van der Waals surface area contributed by atoms with Crippen LogP contribution in [0, 0.1) is 0 Å². The molecular formula is C15H20ClN3O2. The van der Waals surface area contributed by atoms with Gasteiger partial charge in [0.1, 0.15) is 5.75 Å². The zero-order valence-corrected chi connectivity index (χ0v) is 12.9. The summed E-state index contributed by atoms with van der Waals surface area (Å²) in [6.45, 7) is 2.02. The average molecular weight is 310 g/mol. The van der Waals surface area contributed by atoms with Crippen LogP contribution in [0.25, 0.3) is 0 Å². The third-order valence-corrected chi connectivity index (χ3v) is 3.65. The van der Waals surface area contributed by atoms with Crippen molar-refractivity contribution >= 4 is 12.4 Å². The fourth-order valence-corrected chi connectivity index (χ4v) is 2.49. The zero-order chi connectivity index (χ0) is 13.8. The van der Waals surface area contributed by atoms with Gasteiger partial charge in [0.2, 0.25) is 5.89 Å². The lowest BCUT2D eigenvalue weighted by Crippen LogP contribution is -2.28. The Labute approximate surface area is 130 Å². The number of benzene rings is 1. The number of aromatic nitrogens is 2. The summed E-state index contributed by atoms with van der Waals surface area (Å²) >= 11 is 0. The number of nitrogens with zero attached hydrogens (tertiary/aromatic N) is 2. The SMILES string of the molecule is COc1ccc(Cc2noc(C3CCCNC3)n2)cc1.Cl. The lowest BCUT2D eigenvalue weighted by molar-refractivity contribution is 0.320. The van der Waals surface area contributed by atoms with Crippen molar-refractivity contribution in [2.45, 2.75) is 25.2 Å². The summed E-state index contributed by atoms with van der Waals surface area (Å²) in [5.74, 6) is 2.73. The van der Waals surface area contributed by atoms with E-state index >= 15 is 0 Å². The highest BCUT2D eigenvalue weighted by molar-refractivity contribution is 5.85. The van der Waals surface area contributed by atoms with Gasteiger partial charge in [0, 0.05) is 13.0 Å². The predicted molar refractivity (Wildman–Crippen MR) is 82.2 cm³/mol. The highest BCUT2D eigenvalue weighted by atomic mass is 35.5. The molecule has 1 aromatic heterocycles. The minimum absolute atomic E-state index is 0. The predicted octanol–water partition coefficient (Wildman–Crippen LogP) is 2.56. The van der Waals surface area contributed by atoms with Gasteiger partial charge in [0.25, 0.3) is 0 Å². The molecule has 2 aromatic rings. The second kappa shape index (κ2) is 7.43. The third kappa shape index (κ3) is 3.95. The van der Waals surface area contributed by atoms with Crippen LogP contribution in [-0.4, -0.2) is 30.3 Å². The van der Waals surface area contributed by atoms with Crippen LogP contribution in [-0.2, 0) is 6.42 Å². The fourth-order valence-electron chi connectivity index (χ4n) is 2.49. The van der Waals surface area contributed by atoms with Crippen molar-refractivity contribution in [3.8, 4) is 5.75 Å². The van der Waals surface area contributed by atoms with E-state index in [-0.39, 0.29) is 12.4 Å². The number of hydrogen-bond donors (Lipinski definition) is 1. The largest absolute Gasteiger partial charge is 0.497 e. The molecule has 1 atom stereocenters. The van der Waals surface area contributed by atoms with Gasteiger partial charge in [0.15, 0.2) is 5.82 Å². The molecule has 0 saturated carbocycles. The van der Waals surface area contributed by atoms with E-state index in [4.69, 9.17) is 9.26 Å². The molecule has 1 aromatic carbocycles. The molecule has 21 heavy (non-hydrogen) atoms. The molecule has 1 fully saturated rings. The van der Waals surface area contributed by atoms with Gasteiger partial charge in [-0.3, -0.25) is 0 Å². The van der Waals surface area contributed by atoms with Gasteiger partial charge >= 0.3 is 0 Å². The van der Waals surface area contributed by atoms with Gasteiger partial charge in [-0.2, -0.15) is 4.98 Å². The van der Waals surface area contributed by atoms with Gasteiger partial charge in [-0.05, 0) is 37.1 Å². The normalized spacial score (nSPS) is 18.0. The number of halogens is 1. The molecule has 1 aliphatic heterocycles. The number of nitrogens with one attached hydrogen (secondary N) is 1. The summed E-state index contributed by atoms with van der Waals surface area (Å²) in [6, 6.07) is 7.94. The quantitative estimate of drug-likeness (QED) is 0.940. The molecule has 3 rings (SSSR count). The van der Waals surface area contributed by atoms with Crippen molar-refractivity contribution in [2.75, 3.05) is 20.2 Å². The van der Waals surface area contributed by atoms with Crippen LogP contribution in [0.3, 0.4) is 0 Å². The molecule has 114 valence electrons. The minimum Gasteiger partial charge on any atom is -0.497 e. The highest BCUT2D eigenvalue weighted by Crippen LogP contribution is 2.22. The van der Waals surface area contributed by atoms with E-state index in [1.807, 2.05) is 24.3 Å². The first-order valence-electron chi connectivity index (χ1n) is 7.01. The molecule has 0 bridgehead atoms. The standard InChI is InChI=1S/C15H19N3O2.ClH/c1-19-13-6-4-11(5-7-13)9-14-17-15(20-18-14)12-3-2-8-16-10-12;/h4-7,12,16H,2-3,8-10H2,1H3;1H.